The van der Waals surface area contributed by atoms with Crippen LogP contribution in [0.2, 0.25) is 0 Å². The minimum atomic E-state index is -0.371. The first kappa shape index (κ1) is 16.1. The molecule has 0 aliphatic carbocycles. The zero-order chi connectivity index (χ0) is 15.1. The van der Waals surface area contributed by atoms with Crippen LogP contribution in [0.4, 0.5) is 0 Å². The fraction of sp³-hybridized carbons (Fsp3) is 0.438. The summed E-state index contributed by atoms with van der Waals surface area (Å²) < 4.78 is 11.1. The van der Waals surface area contributed by atoms with E-state index in [0.29, 0.717) is 19.6 Å². The third kappa shape index (κ3) is 4.61. The van der Waals surface area contributed by atoms with Gasteiger partial charge in [0.15, 0.2) is 6.29 Å². The van der Waals surface area contributed by atoms with Gasteiger partial charge in [-0.3, -0.25) is 0 Å². The van der Waals surface area contributed by atoms with Crippen LogP contribution in [0.3, 0.4) is 0 Å². The van der Waals surface area contributed by atoms with Crippen molar-refractivity contribution in [2.45, 2.75) is 32.6 Å². The number of benzene rings is 1. The van der Waals surface area contributed by atoms with Crippen LogP contribution < -0.4 is 5.73 Å². The molecule has 0 fully saturated rings. The molecule has 1 atom stereocenters. The van der Waals surface area contributed by atoms with Gasteiger partial charge in [-0.1, -0.05) is 30.3 Å². The summed E-state index contributed by atoms with van der Waals surface area (Å²) in [6.07, 6.45) is 0.284. The largest absolute Gasteiger partial charge is 0.351 e. The molecule has 0 aliphatic heterocycles. The molecular formula is C16H22N2O2S. The summed E-state index contributed by atoms with van der Waals surface area (Å²) >= 11 is 1.62. The Morgan fingerprint density at radius 3 is 2.43 bits per heavy atom. The first-order valence-corrected chi connectivity index (χ1v) is 8.11. The summed E-state index contributed by atoms with van der Waals surface area (Å²) in [6.45, 7) is 5.06. The molecule has 2 rings (SSSR count). The maximum atomic E-state index is 6.19. The number of hydrogen-bond acceptors (Lipinski definition) is 5. The third-order valence-electron chi connectivity index (χ3n) is 3.04. The summed E-state index contributed by atoms with van der Waals surface area (Å²) in [7, 11) is 0. The molecule has 1 aromatic carbocycles. The SMILES string of the molecule is CCOC(OCC)C(N)Cc1nc(-c2ccccc2)cs1. The summed E-state index contributed by atoms with van der Waals surface area (Å²) in [5, 5.41) is 3.07. The number of rotatable bonds is 8. The Kier molecular flexibility index (Phi) is 6.32. The molecule has 0 aliphatic rings. The Labute approximate surface area is 129 Å². The van der Waals surface area contributed by atoms with Crippen LogP contribution in [0.1, 0.15) is 18.9 Å². The van der Waals surface area contributed by atoms with Crippen molar-refractivity contribution in [1.29, 1.82) is 0 Å². The fourth-order valence-electron chi connectivity index (χ4n) is 2.07. The van der Waals surface area contributed by atoms with Crippen LogP contribution in [0.25, 0.3) is 11.3 Å². The Morgan fingerprint density at radius 2 is 1.81 bits per heavy atom. The van der Waals surface area contributed by atoms with Crippen LogP contribution in [0, 0.1) is 0 Å². The van der Waals surface area contributed by atoms with Gasteiger partial charge in [0.1, 0.15) is 0 Å². The number of ether oxygens (including phenoxy) is 2. The molecule has 21 heavy (non-hydrogen) atoms. The molecule has 0 saturated carbocycles. The highest BCUT2D eigenvalue weighted by atomic mass is 32.1. The van der Waals surface area contributed by atoms with Crippen LogP contribution in [0.15, 0.2) is 35.7 Å². The Balaban J connectivity index is 2.01. The maximum absolute atomic E-state index is 6.19. The Bertz CT molecular complexity index is 524. The topological polar surface area (TPSA) is 57.4 Å². The molecule has 2 N–H and O–H groups in total. The molecule has 0 spiro atoms. The van der Waals surface area contributed by atoms with Crippen molar-refractivity contribution in [3.05, 3.63) is 40.7 Å². The third-order valence-corrected chi connectivity index (χ3v) is 3.91. The quantitative estimate of drug-likeness (QED) is 0.762. The summed E-state index contributed by atoms with van der Waals surface area (Å²) in [5.74, 6) is 0. The van der Waals surface area contributed by atoms with E-state index in [1.807, 2.05) is 32.0 Å². The first-order chi connectivity index (χ1) is 10.2. The van der Waals surface area contributed by atoms with Gasteiger partial charge in [0.2, 0.25) is 0 Å². The van der Waals surface area contributed by atoms with Crippen LogP contribution in [-0.2, 0) is 15.9 Å². The normalized spacial score (nSPS) is 12.8. The predicted molar refractivity (Wildman–Crippen MR) is 86.3 cm³/mol. The second kappa shape index (κ2) is 8.24. The highest BCUT2D eigenvalue weighted by Crippen LogP contribution is 2.22. The predicted octanol–water partition coefficient (Wildman–Crippen LogP) is 3.08. The van der Waals surface area contributed by atoms with Crippen LogP contribution >= 0.6 is 11.3 Å². The summed E-state index contributed by atoms with van der Waals surface area (Å²) in [4.78, 5) is 4.65. The van der Waals surface area contributed by atoms with Gasteiger partial charge in [-0.2, -0.15) is 0 Å². The van der Waals surface area contributed by atoms with Crippen molar-refractivity contribution < 1.29 is 9.47 Å². The fourth-order valence-corrected chi connectivity index (χ4v) is 2.94. The molecule has 5 heteroatoms. The zero-order valence-electron chi connectivity index (χ0n) is 12.5. The van der Waals surface area contributed by atoms with Crippen molar-refractivity contribution in [1.82, 2.24) is 4.98 Å². The van der Waals surface area contributed by atoms with E-state index in [4.69, 9.17) is 15.2 Å². The van der Waals surface area contributed by atoms with E-state index < -0.39 is 0 Å². The number of nitrogens with zero attached hydrogens (tertiary/aromatic N) is 1. The molecule has 1 aromatic heterocycles. The average Bonchev–Trinajstić information content (AvgIpc) is 2.96. The second-order valence-corrected chi connectivity index (χ2v) is 5.58. The van der Waals surface area contributed by atoms with Gasteiger partial charge in [-0.25, -0.2) is 4.98 Å². The van der Waals surface area contributed by atoms with E-state index in [1.165, 1.54) is 0 Å². The van der Waals surface area contributed by atoms with Gasteiger partial charge in [-0.05, 0) is 13.8 Å². The van der Waals surface area contributed by atoms with Gasteiger partial charge in [0.25, 0.3) is 0 Å². The van der Waals surface area contributed by atoms with Crippen LogP contribution in [-0.4, -0.2) is 30.5 Å². The number of nitrogens with two attached hydrogens (primary N) is 1. The van der Waals surface area contributed by atoms with Crippen molar-refractivity contribution in [3.63, 3.8) is 0 Å². The minimum Gasteiger partial charge on any atom is -0.351 e. The van der Waals surface area contributed by atoms with Gasteiger partial charge in [0.05, 0.1) is 16.7 Å². The van der Waals surface area contributed by atoms with Crippen molar-refractivity contribution in [3.8, 4) is 11.3 Å². The van der Waals surface area contributed by atoms with Crippen molar-refractivity contribution in [2.24, 2.45) is 5.73 Å². The minimum absolute atomic E-state index is 0.209. The molecule has 0 saturated heterocycles. The van der Waals surface area contributed by atoms with Crippen molar-refractivity contribution in [2.75, 3.05) is 13.2 Å². The highest BCUT2D eigenvalue weighted by Gasteiger charge is 2.20. The molecule has 0 amide bonds. The maximum Gasteiger partial charge on any atom is 0.172 e. The molecule has 114 valence electrons. The van der Waals surface area contributed by atoms with Crippen LogP contribution in [0.5, 0.6) is 0 Å². The monoisotopic (exact) mass is 306 g/mol. The zero-order valence-corrected chi connectivity index (χ0v) is 13.3. The lowest BCUT2D eigenvalue weighted by atomic mass is 10.2. The molecular weight excluding hydrogens is 284 g/mol. The van der Waals surface area contributed by atoms with Gasteiger partial charge >= 0.3 is 0 Å². The smallest absolute Gasteiger partial charge is 0.172 e. The molecule has 0 bridgehead atoms. The molecule has 2 aromatic rings. The number of aromatic nitrogens is 1. The summed E-state index contributed by atoms with van der Waals surface area (Å²) in [6, 6.07) is 9.94. The first-order valence-electron chi connectivity index (χ1n) is 7.23. The number of hydrogen-bond donors (Lipinski definition) is 1. The standard InChI is InChI=1S/C16H22N2O2S/c1-3-19-16(20-4-2)13(17)10-15-18-14(11-21-15)12-8-6-5-7-9-12/h5-9,11,13,16H,3-4,10,17H2,1-2H3. The van der Waals surface area contributed by atoms with E-state index in [2.05, 4.69) is 22.5 Å². The summed E-state index contributed by atoms with van der Waals surface area (Å²) in [5.41, 5.74) is 8.30. The van der Waals surface area contributed by atoms with Gasteiger partial charge in [0, 0.05) is 30.6 Å². The Morgan fingerprint density at radius 1 is 1.14 bits per heavy atom. The Hall–Kier alpha value is -1.27. The highest BCUT2D eigenvalue weighted by molar-refractivity contribution is 7.09. The van der Waals surface area contributed by atoms with Crippen molar-refractivity contribution >= 4 is 11.3 Å². The van der Waals surface area contributed by atoms with E-state index in [1.54, 1.807) is 11.3 Å². The molecule has 1 unspecified atom stereocenters. The lowest BCUT2D eigenvalue weighted by Crippen LogP contribution is -2.40. The van der Waals surface area contributed by atoms with E-state index in [-0.39, 0.29) is 12.3 Å². The van der Waals surface area contributed by atoms with E-state index in [0.717, 1.165) is 16.3 Å². The lowest BCUT2D eigenvalue weighted by molar-refractivity contribution is -0.148. The van der Waals surface area contributed by atoms with Gasteiger partial charge in [-0.15, -0.1) is 11.3 Å². The van der Waals surface area contributed by atoms with E-state index in [9.17, 15) is 0 Å². The second-order valence-electron chi connectivity index (χ2n) is 4.64. The lowest BCUT2D eigenvalue weighted by Gasteiger charge is -2.22. The molecule has 4 nitrogen and oxygen atoms in total. The molecule has 1 heterocycles. The number of thiazole rings is 1. The van der Waals surface area contributed by atoms with E-state index >= 15 is 0 Å². The average molecular weight is 306 g/mol. The molecule has 0 radical (unpaired) electrons. The van der Waals surface area contributed by atoms with Gasteiger partial charge < -0.3 is 15.2 Å².